The van der Waals surface area contributed by atoms with Crippen LogP contribution in [0.15, 0.2) is 0 Å². The number of hydrogen-bond donors (Lipinski definition) is 2. The van der Waals surface area contributed by atoms with Gasteiger partial charge >= 0.3 is 0 Å². The van der Waals surface area contributed by atoms with Crippen LogP contribution in [0.2, 0.25) is 0 Å². The van der Waals surface area contributed by atoms with Gasteiger partial charge in [0.1, 0.15) is 24.1 Å². The lowest BCUT2D eigenvalue weighted by molar-refractivity contribution is 0.0801. The minimum Gasteiger partial charge on any atom is -0.393 e. The van der Waals surface area contributed by atoms with Crippen LogP contribution in [-0.2, 0) is 17.9 Å². The first kappa shape index (κ1) is 17.4. The molecule has 2 aromatic heterocycles. The first-order valence-electron chi connectivity index (χ1n) is 9.26. The fourth-order valence-electron chi connectivity index (χ4n) is 4.02. The average molecular weight is 358 g/mol. The second kappa shape index (κ2) is 6.92. The van der Waals surface area contributed by atoms with Crippen molar-refractivity contribution in [3.63, 3.8) is 0 Å². The van der Waals surface area contributed by atoms with Crippen molar-refractivity contribution in [3.8, 4) is 0 Å². The summed E-state index contributed by atoms with van der Waals surface area (Å²) in [5.74, 6) is 3.92. The van der Waals surface area contributed by atoms with E-state index in [4.69, 9.17) is 4.74 Å². The summed E-state index contributed by atoms with van der Waals surface area (Å²) in [4.78, 5) is 8.89. The summed E-state index contributed by atoms with van der Waals surface area (Å²) in [6, 6.07) is 0. The van der Waals surface area contributed by atoms with Gasteiger partial charge < -0.3 is 19.7 Å². The van der Waals surface area contributed by atoms with Gasteiger partial charge in [0.25, 0.3) is 0 Å². The summed E-state index contributed by atoms with van der Waals surface area (Å²) in [7, 11) is 0. The standard InChI is InChI=1S/C18H26N6O2/c1-10-11(2)20-12(3)21-17(10)19-8-14-6-13(7-15(14)25)18-23-22-16-9-26-5-4-24(16)18/h13-15,25H,4-9H2,1-3H3,(H,19,20,21)/t13-,14+,15+/m0/s1. The molecule has 2 aromatic rings. The molecule has 140 valence electrons. The lowest BCUT2D eigenvalue weighted by Crippen LogP contribution is -2.23. The molecule has 0 amide bonds. The quantitative estimate of drug-likeness (QED) is 0.854. The molecule has 0 bridgehead atoms. The molecule has 1 aliphatic carbocycles. The van der Waals surface area contributed by atoms with Gasteiger partial charge in [0.15, 0.2) is 5.82 Å². The van der Waals surface area contributed by atoms with Crippen LogP contribution in [0, 0.1) is 26.7 Å². The Morgan fingerprint density at radius 1 is 1.19 bits per heavy atom. The molecular weight excluding hydrogens is 332 g/mol. The molecule has 26 heavy (non-hydrogen) atoms. The zero-order valence-electron chi connectivity index (χ0n) is 15.6. The molecule has 0 spiro atoms. The number of aliphatic hydroxyl groups excluding tert-OH is 1. The summed E-state index contributed by atoms with van der Waals surface area (Å²) in [5, 5.41) is 22.6. The highest BCUT2D eigenvalue weighted by atomic mass is 16.5. The van der Waals surface area contributed by atoms with Crippen LogP contribution >= 0.6 is 0 Å². The van der Waals surface area contributed by atoms with E-state index in [1.165, 1.54) is 0 Å². The van der Waals surface area contributed by atoms with Crippen LogP contribution in [0.5, 0.6) is 0 Å². The van der Waals surface area contributed by atoms with E-state index in [0.29, 0.717) is 19.8 Å². The predicted molar refractivity (Wildman–Crippen MR) is 95.9 cm³/mol. The number of nitrogens with zero attached hydrogens (tertiary/aromatic N) is 5. The summed E-state index contributed by atoms with van der Waals surface area (Å²) < 4.78 is 7.60. The van der Waals surface area contributed by atoms with Crippen molar-refractivity contribution < 1.29 is 9.84 Å². The Labute approximate surface area is 153 Å². The number of ether oxygens (including phenoxy) is 1. The Morgan fingerprint density at radius 2 is 2.04 bits per heavy atom. The first-order chi connectivity index (χ1) is 12.5. The Hall–Kier alpha value is -2.06. The first-order valence-corrected chi connectivity index (χ1v) is 9.26. The Morgan fingerprint density at radius 3 is 2.88 bits per heavy atom. The molecule has 2 aliphatic rings. The van der Waals surface area contributed by atoms with E-state index in [1.807, 2.05) is 20.8 Å². The maximum absolute atomic E-state index is 10.6. The number of nitrogens with one attached hydrogen (secondary N) is 1. The average Bonchev–Trinajstić information content (AvgIpc) is 3.20. The van der Waals surface area contributed by atoms with Gasteiger partial charge in [-0.05, 0) is 33.6 Å². The molecule has 4 rings (SSSR count). The van der Waals surface area contributed by atoms with E-state index in [2.05, 4.69) is 30.0 Å². The van der Waals surface area contributed by atoms with Crippen LogP contribution in [0.1, 0.15) is 47.5 Å². The molecule has 3 heterocycles. The fourth-order valence-corrected chi connectivity index (χ4v) is 4.02. The third-order valence-corrected chi connectivity index (χ3v) is 5.60. The van der Waals surface area contributed by atoms with E-state index in [9.17, 15) is 5.11 Å². The molecule has 0 saturated heterocycles. The molecule has 1 fully saturated rings. The molecule has 3 atom stereocenters. The minimum atomic E-state index is -0.343. The van der Waals surface area contributed by atoms with Gasteiger partial charge in [-0.15, -0.1) is 10.2 Å². The normalized spacial score (nSPS) is 25.3. The largest absolute Gasteiger partial charge is 0.393 e. The minimum absolute atomic E-state index is 0.169. The molecular formula is C18H26N6O2. The van der Waals surface area contributed by atoms with E-state index >= 15 is 0 Å². The second-order valence-electron chi connectivity index (χ2n) is 7.39. The van der Waals surface area contributed by atoms with Crippen LogP contribution in [0.4, 0.5) is 5.82 Å². The number of rotatable bonds is 4. The molecule has 2 N–H and O–H groups in total. The van der Waals surface area contributed by atoms with Gasteiger partial charge in [-0.3, -0.25) is 0 Å². The monoisotopic (exact) mass is 358 g/mol. The predicted octanol–water partition coefficient (Wildman–Crippen LogP) is 1.49. The molecule has 1 aliphatic heterocycles. The topological polar surface area (TPSA) is 98.0 Å². The number of hydrogen-bond acceptors (Lipinski definition) is 7. The molecule has 8 nitrogen and oxygen atoms in total. The lowest BCUT2D eigenvalue weighted by Gasteiger charge is -2.18. The van der Waals surface area contributed by atoms with Crippen LogP contribution < -0.4 is 5.32 Å². The van der Waals surface area contributed by atoms with Gasteiger partial charge in [0.2, 0.25) is 0 Å². The van der Waals surface area contributed by atoms with E-state index < -0.39 is 0 Å². The number of anilines is 1. The highest BCUT2D eigenvalue weighted by Gasteiger charge is 2.37. The van der Waals surface area contributed by atoms with Gasteiger partial charge in [0, 0.05) is 36.2 Å². The van der Waals surface area contributed by atoms with Crippen molar-refractivity contribution in [1.82, 2.24) is 24.7 Å². The van der Waals surface area contributed by atoms with Gasteiger partial charge in [-0.25, -0.2) is 9.97 Å². The Kier molecular flexibility index (Phi) is 4.62. The van der Waals surface area contributed by atoms with E-state index in [0.717, 1.165) is 53.9 Å². The maximum atomic E-state index is 10.6. The number of aliphatic hydroxyl groups is 1. The summed E-state index contributed by atoms with van der Waals surface area (Å²) in [6.45, 7) is 8.63. The number of aryl methyl sites for hydroxylation is 2. The third-order valence-electron chi connectivity index (χ3n) is 5.60. The smallest absolute Gasteiger partial charge is 0.159 e. The zero-order valence-corrected chi connectivity index (χ0v) is 15.6. The highest BCUT2D eigenvalue weighted by Crippen LogP contribution is 2.38. The maximum Gasteiger partial charge on any atom is 0.159 e. The van der Waals surface area contributed by atoms with Gasteiger partial charge in [-0.2, -0.15) is 0 Å². The lowest BCUT2D eigenvalue weighted by atomic mass is 10.0. The van der Waals surface area contributed by atoms with Crippen molar-refractivity contribution in [2.45, 2.75) is 58.8 Å². The van der Waals surface area contributed by atoms with Crippen molar-refractivity contribution in [1.29, 1.82) is 0 Å². The SMILES string of the molecule is Cc1nc(C)c(C)c(NC[C@H]2C[C@H](c3nnc4n3CCOC4)C[C@H]2O)n1. The summed E-state index contributed by atoms with van der Waals surface area (Å²) >= 11 is 0. The fraction of sp³-hybridized carbons (Fsp3) is 0.667. The van der Waals surface area contributed by atoms with Crippen molar-refractivity contribution >= 4 is 5.82 Å². The molecule has 8 heteroatoms. The van der Waals surface area contributed by atoms with Crippen molar-refractivity contribution in [2.24, 2.45) is 5.92 Å². The number of aromatic nitrogens is 5. The van der Waals surface area contributed by atoms with Crippen LogP contribution in [-0.4, -0.2) is 49.1 Å². The van der Waals surface area contributed by atoms with Gasteiger partial charge in [0.05, 0.1) is 12.7 Å². The van der Waals surface area contributed by atoms with E-state index in [-0.39, 0.29) is 17.9 Å². The third kappa shape index (κ3) is 3.19. The molecule has 0 aromatic carbocycles. The summed E-state index contributed by atoms with van der Waals surface area (Å²) in [6.07, 6.45) is 1.28. The Bertz CT molecular complexity index is 805. The highest BCUT2D eigenvalue weighted by molar-refractivity contribution is 5.45. The van der Waals surface area contributed by atoms with Gasteiger partial charge in [-0.1, -0.05) is 0 Å². The molecule has 0 radical (unpaired) electrons. The van der Waals surface area contributed by atoms with Crippen molar-refractivity contribution in [3.05, 3.63) is 28.7 Å². The summed E-state index contributed by atoms with van der Waals surface area (Å²) in [5.41, 5.74) is 2.05. The van der Waals surface area contributed by atoms with Crippen LogP contribution in [0.25, 0.3) is 0 Å². The molecule has 0 unspecified atom stereocenters. The molecule has 1 saturated carbocycles. The Balaban J connectivity index is 1.44. The zero-order chi connectivity index (χ0) is 18.3. The van der Waals surface area contributed by atoms with Crippen molar-refractivity contribution in [2.75, 3.05) is 18.5 Å². The second-order valence-corrected chi connectivity index (χ2v) is 7.39. The van der Waals surface area contributed by atoms with Crippen LogP contribution in [0.3, 0.4) is 0 Å². The number of fused-ring (bicyclic) bond motifs is 1. The van der Waals surface area contributed by atoms with E-state index in [1.54, 1.807) is 0 Å².